The Morgan fingerprint density at radius 3 is 2.61 bits per heavy atom. The Morgan fingerprint density at radius 1 is 1.26 bits per heavy atom. The Morgan fingerprint density at radius 2 is 1.96 bits per heavy atom. The number of aromatic carboxylic acids is 1. The van der Waals surface area contributed by atoms with Gasteiger partial charge in [0.1, 0.15) is 17.1 Å². The number of carbonyl (C=O) groups is 1. The highest BCUT2D eigenvalue weighted by Gasteiger charge is 2.32. The van der Waals surface area contributed by atoms with Gasteiger partial charge in [0.25, 0.3) is 0 Å². The fourth-order valence-corrected chi connectivity index (χ4v) is 3.07. The number of ether oxygens (including phenoxy) is 1. The summed E-state index contributed by atoms with van der Waals surface area (Å²) < 4.78 is 5.50. The minimum atomic E-state index is -1.45. The number of benzene rings is 1. The largest absolute Gasteiger partial charge is 0.507 e. The Bertz CT molecular complexity index is 569. The van der Waals surface area contributed by atoms with Crippen molar-refractivity contribution < 1.29 is 30.0 Å². The number of hydrogen-bond acceptors (Lipinski definition) is 5. The lowest BCUT2D eigenvalue weighted by atomic mass is 9.92. The van der Waals surface area contributed by atoms with Crippen LogP contribution in [-0.2, 0) is 11.2 Å². The Labute approximate surface area is 135 Å². The second kappa shape index (κ2) is 7.66. The van der Waals surface area contributed by atoms with E-state index in [0.717, 1.165) is 19.3 Å². The van der Waals surface area contributed by atoms with Gasteiger partial charge in [0.2, 0.25) is 0 Å². The van der Waals surface area contributed by atoms with Crippen LogP contribution in [0.4, 0.5) is 0 Å². The number of phenols is 2. The van der Waals surface area contributed by atoms with E-state index in [1.807, 2.05) is 0 Å². The molecule has 0 amide bonds. The molecule has 0 saturated carbocycles. The van der Waals surface area contributed by atoms with Gasteiger partial charge in [0.05, 0.1) is 11.7 Å². The first-order valence-electron chi connectivity index (χ1n) is 8.10. The van der Waals surface area contributed by atoms with E-state index in [1.165, 1.54) is 25.3 Å². The molecule has 0 radical (unpaired) electrons. The first-order valence-corrected chi connectivity index (χ1v) is 8.10. The molecule has 2 rings (SSSR count). The summed E-state index contributed by atoms with van der Waals surface area (Å²) in [6.45, 7) is 2.15. The number of carboxylic acids is 1. The molecular formula is C17H24O6. The first-order chi connectivity index (χ1) is 11.0. The van der Waals surface area contributed by atoms with E-state index in [2.05, 4.69) is 6.92 Å². The molecule has 2 atom stereocenters. The van der Waals surface area contributed by atoms with Gasteiger partial charge >= 0.3 is 5.97 Å². The molecule has 0 bridgehead atoms. The molecule has 128 valence electrons. The van der Waals surface area contributed by atoms with E-state index in [1.54, 1.807) is 0 Å². The maximum atomic E-state index is 11.1. The zero-order chi connectivity index (χ0) is 17.0. The first kappa shape index (κ1) is 17.6. The molecule has 0 aliphatic carbocycles. The summed E-state index contributed by atoms with van der Waals surface area (Å²) in [5.41, 5.74) is -0.0332. The van der Waals surface area contributed by atoms with Crippen molar-refractivity contribution in [3.8, 4) is 11.5 Å². The fraction of sp³-hybridized carbons (Fsp3) is 0.588. The third-order valence-electron chi connectivity index (χ3n) is 4.26. The van der Waals surface area contributed by atoms with Gasteiger partial charge in [-0.15, -0.1) is 0 Å². The van der Waals surface area contributed by atoms with Crippen molar-refractivity contribution in [3.05, 3.63) is 22.8 Å². The third-order valence-corrected chi connectivity index (χ3v) is 4.26. The van der Waals surface area contributed by atoms with Crippen LogP contribution >= 0.6 is 0 Å². The van der Waals surface area contributed by atoms with E-state index in [4.69, 9.17) is 9.84 Å². The molecule has 0 aromatic heterocycles. The summed E-state index contributed by atoms with van der Waals surface area (Å²) >= 11 is 0. The van der Waals surface area contributed by atoms with E-state index in [9.17, 15) is 20.1 Å². The molecule has 6 heteroatoms. The molecule has 0 spiro atoms. The van der Waals surface area contributed by atoms with Crippen molar-refractivity contribution in [2.45, 2.75) is 64.3 Å². The summed E-state index contributed by atoms with van der Waals surface area (Å²) in [7, 11) is 0. The highest BCUT2D eigenvalue weighted by atomic mass is 16.6. The zero-order valence-electron chi connectivity index (χ0n) is 13.3. The monoisotopic (exact) mass is 324 g/mol. The highest BCUT2D eigenvalue weighted by Crippen LogP contribution is 2.42. The Kier molecular flexibility index (Phi) is 5.85. The van der Waals surface area contributed by atoms with Gasteiger partial charge in [-0.05, 0) is 24.5 Å². The van der Waals surface area contributed by atoms with Crippen molar-refractivity contribution in [3.63, 3.8) is 0 Å². The molecule has 1 aromatic rings. The molecule has 4 N–H and O–H groups in total. The molecule has 0 saturated heterocycles. The second-order valence-electron chi connectivity index (χ2n) is 6.01. The number of rotatable bonds is 7. The van der Waals surface area contributed by atoms with E-state index in [-0.39, 0.29) is 11.7 Å². The number of unbranched alkanes of at least 4 members (excludes halogenated alkanes) is 4. The lowest BCUT2D eigenvalue weighted by molar-refractivity contribution is -0.151. The number of carboxylic acid groups (broad SMARTS) is 1. The van der Waals surface area contributed by atoms with Crippen LogP contribution in [0.1, 0.15) is 73.2 Å². The van der Waals surface area contributed by atoms with Gasteiger partial charge in [-0.1, -0.05) is 39.0 Å². The molecular weight excluding hydrogens is 300 g/mol. The van der Waals surface area contributed by atoms with Crippen LogP contribution in [0, 0.1) is 0 Å². The van der Waals surface area contributed by atoms with Gasteiger partial charge in [-0.2, -0.15) is 0 Å². The molecule has 0 fully saturated rings. The highest BCUT2D eigenvalue weighted by molar-refractivity contribution is 5.94. The quantitative estimate of drug-likeness (QED) is 0.574. The summed E-state index contributed by atoms with van der Waals surface area (Å²) in [6.07, 6.45) is 5.28. The van der Waals surface area contributed by atoms with Crippen LogP contribution < -0.4 is 0 Å². The van der Waals surface area contributed by atoms with Crippen molar-refractivity contribution in [2.24, 2.45) is 0 Å². The predicted molar refractivity (Wildman–Crippen MR) is 83.6 cm³/mol. The van der Waals surface area contributed by atoms with Crippen LogP contribution in [0.2, 0.25) is 0 Å². The SMILES string of the molecule is CCCCCCC[C@H]1Cc2cc(O)c(C(=O)O)c(O)c2[C@@H](O)O1. The summed E-state index contributed by atoms with van der Waals surface area (Å²) in [4.78, 5) is 11.1. The molecule has 1 heterocycles. The van der Waals surface area contributed by atoms with Crippen molar-refractivity contribution in [1.29, 1.82) is 0 Å². The summed E-state index contributed by atoms with van der Waals surface area (Å²) in [5.74, 6) is -2.57. The predicted octanol–water partition coefficient (Wildman–Crippen LogP) is 3.09. The molecule has 23 heavy (non-hydrogen) atoms. The van der Waals surface area contributed by atoms with E-state index >= 15 is 0 Å². The average Bonchev–Trinajstić information content (AvgIpc) is 2.45. The van der Waals surface area contributed by atoms with E-state index in [0.29, 0.717) is 12.0 Å². The normalized spacial score (nSPS) is 20.3. The van der Waals surface area contributed by atoms with Crippen LogP contribution in [0.5, 0.6) is 11.5 Å². The lowest BCUT2D eigenvalue weighted by Gasteiger charge is -2.30. The number of aliphatic hydroxyl groups excluding tert-OH is 1. The zero-order valence-corrected chi connectivity index (χ0v) is 13.3. The van der Waals surface area contributed by atoms with Gasteiger partial charge in [0.15, 0.2) is 6.29 Å². The van der Waals surface area contributed by atoms with Gasteiger partial charge < -0.3 is 25.2 Å². The van der Waals surface area contributed by atoms with Crippen molar-refractivity contribution in [1.82, 2.24) is 0 Å². The van der Waals surface area contributed by atoms with E-state index < -0.39 is 29.3 Å². The Balaban J connectivity index is 2.10. The summed E-state index contributed by atoms with van der Waals surface area (Å²) in [5, 5.41) is 39.0. The second-order valence-corrected chi connectivity index (χ2v) is 6.01. The van der Waals surface area contributed by atoms with Gasteiger partial charge in [-0.3, -0.25) is 0 Å². The number of hydrogen-bond donors (Lipinski definition) is 4. The third kappa shape index (κ3) is 3.95. The fourth-order valence-electron chi connectivity index (χ4n) is 3.07. The van der Waals surface area contributed by atoms with Crippen LogP contribution in [-0.4, -0.2) is 32.5 Å². The standard InChI is InChI=1S/C17H24O6/c1-2-3-4-5-6-7-11-8-10-9-12(18)14(16(20)21)15(19)13(10)17(22)23-11/h9,11,17-19,22H,2-8H2,1H3,(H,20,21)/t11-,17-/m0/s1. The molecule has 1 aliphatic rings. The maximum absolute atomic E-state index is 11.1. The molecule has 0 unspecified atom stereocenters. The number of aliphatic hydroxyl groups is 1. The lowest BCUT2D eigenvalue weighted by Crippen LogP contribution is -2.26. The molecule has 6 nitrogen and oxygen atoms in total. The van der Waals surface area contributed by atoms with Crippen LogP contribution in [0.3, 0.4) is 0 Å². The summed E-state index contributed by atoms with van der Waals surface area (Å²) in [6, 6.07) is 1.30. The minimum absolute atomic E-state index is 0.0439. The number of aromatic hydroxyl groups is 2. The maximum Gasteiger partial charge on any atom is 0.343 e. The molecule has 1 aromatic carbocycles. The van der Waals surface area contributed by atoms with Crippen molar-refractivity contribution in [2.75, 3.05) is 0 Å². The van der Waals surface area contributed by atoms with Crippen LogP contribution in [0.25, 0.3) is 0 Å². The van der Waals surface area contributed by atoms with Gasteiger partial charge in [-0.25, -0.2) is 4.79 Å². The van der Waals surface area contributed by atoms with Crippen molar-refractivity contribution >= 4 is 5.97 Å². The number of fused-ring (bicyclic) bond motifs is 1. The molecule has 1 aliphatic heterocycles. The Hall–Kier alpha value is -1.79. The topological polar surface area (TPSA) is 107 Å². The average molecular weight is 324 g/mol. The smallest absolute Gasteiger partial charge is 0.343 e. The van der Waals surface area contributed by atoms with Crippen LogP contribution in [0.15, 0.2) is 6.07 Å². The minimum Gasteiger partial charge on any atom is -0.507 e. The van der Waals surface area contributed by atoms with Gasteiger partial charge in [0, 0.05) is 0 Å².